The Morgan fingerprint density at radius 2 is 1.86 bits per heavy atom. The Bertz CT molecular complexity index is 850. The monoisotopic (exact) mass is 381 g/mol. The molecule has 2 fully saturated rings. The average molecular weight is 381 g/mol. The van der Waals surface area contributed by atoms with E-state index in [-0.39, 0.29) is 23.2 Å². The van der Waals surface area contributed by atoms with Crippen molar-refractivity contribution in [3.05, 3.63) is 71.5 Å². The van der Waals surface area contributed by atoms with E-state index in [1.165, 1.54) is 12.1 Å². The van der Waals surface area contributed by atoms with Crippen LogP contribution in [0, 0.1) is 5.82 Å². The summed E-state index contributed by atoms with van der Waals surface area (Å²) in [6.45, 7) is 1.39. The van der Waals surface area contributed by atoms with Gasteiger partial charge >= 0.3 is 6.03 Å². The fraction of sp³-hybridized carbons (Fsp3) is 0.364. The minimum atomic E-state index is -0.627. The van der Waals surface area contributed by atoms with Crippen molar-refractivity contribution in [2.75, 3.05) is 19.6 Å². The van der Waals surface area contributed by atoms with Crippen molar-refractivity contribution in [2.24, 2.45) is 0 Å². The van der Waals surface area contributed by atoms with Crippen LogP contribution < -0.4 is 10.6 Å². The Morgan fingerprint density at radius 1 is 1.14 bits per heavy atom. The number of carbonyl (C=O) groups excluding carboxylic acids is 2. The molecule has 1 aliphatic carbocycles. The lowest BCUT2D eigenvalue weighted by atomic mass is 9.64. The third-order valence-corrected chi connectivity index (χ3v) is 5.93. The molecule has 1 atom stereocenters. The molecule has 1 unspecified atom stereocenters. The molecule has 0 radical (unpaired) electrons. The molecule has 6 heteroatoms. The third-order valence-electron chi connectivity index (χ3n) is 5.93. The van der Waals surface area contributed by atoms with Gasteiger partial charge in [0.15, 0.2) is 0 Å². The van der Waals surface area contributed by atoms with Crippen LogP contribution in [0.15, 0.2) is 54.6 Å². The molecule has 3 amide bonds. The van der Waals surface area contributed by atoms with Gasteiger partial charge in [-0.25, -0.2) is 9.18 Å². The second kappa shape index (κ2) is 7.62. The number of urea groups is 1. The van der Waals surface area contributed by atoms with E-state index >= 15 is 0 Å². The van der Waals surface area contributed by atoms with Crippen molar-refractivity contribution in [2.45, 2.75) is 30.7 Å². The zero-order chi connectivity index (χ0) is 19.6. The van der Waals surface area contributed by atoms with E-state index in [1.807, 2.05) is 42.5 Å². The SMILES string of the molecule is O=C1NCCN(C(=O)NCC2(c3ccc(F)cc3)CCC2)C1c1ccccc1. The first-order chi connectivity index (χ1) is 13.6. The van der Waals surface area contributed by atoms with Gasteiger partial charge in [-0.3, -0.25) is 4.79 Å². The van der Waals surface area contributed by atoms with Crippen LogP contribution in [0.5, 0.6) is 0 Å². The van der Waals surface area contributed by atoms with E-state index in [0.717, 1.165) is 30.4 Å². The Hall–Kier alpha value is -2.89. The number of nitrogens with zero attached hydrogens (tertiary/aromatic N) is 1. The molecule has 2 N–H and O–H groups in total. The predicted octanol–water partition coefficient (Wildman–Crippen LogP) is 3.13. The molecule has 1 saturated heterocycles. The van der Waals surface area contributed by atoms with E-state index in [0.29, 0.717) is 19.6 Å². The van der Waals surface area contributed by atoms with E-state index < -0.39 is 6.04 Å². The van der Waals surface area contributed by atoms with Crippen molar-refractivity contribution in [3.63, 3.8) is 0 Å². The molecule has 5 nitrogen and oxygen atoms in total. The second-order valence-corrected chi connectivity index (χ2v) is 7.60. The molecule has 1 heterocycles. The summed E-state index contributed by atoms with van der Waals surface area (Å²) in [5.41, 5.74) is 1.70. The predicted molar refractivity (Wildman–Crippen MR) is 104 cm³/mol. The number of amides is 3. The third kappa shape index (κ3) is 3.46. The van der Waals surface area contributed by atoms with Crippen molar-refractivity contribution < 1.29 is 14.0 Å². The average Bonchev–Trinajstić information content (AvgIpc) is 2.68. The van der Waals surface area contributed by atoms with Crippen LogP contribution in [0.1, 0.15) is 36.4 Å². The summed E-state index contributed by atoms with van der Waals surface area (Å²) in [7, 11) is 0. The highest BCUT2D eigenvalue weighted by Crippen LogP contribution is 2.43. The smallest absolute Gasteiger partial charge is 0.318 e. The Morgan fingerprint density at radius 3 is 2.50 bits per heavy atom. The largest absolute Gasteiger partial charge is 0.352 e. The van der Waals surface area contributed by atoms with Gasteiger partial charge in [0.05, 0.1) is 0 Å². The van der Waals surface area contributed by atoms with Gasteiger partial charge in [-0.2, -0.15) is 0 Å². The number of benzene rings is 2. The first-order valence-electron chi connectivity index (χ1n) is 9.72. The Kier molecular flexibility index (Phi) is 5.03. The van der Waals surface area contributed by atoms with Crippen LogP contribution in [-0.2, 0) is 10.2 Å². The van der Waals surface area contributed by atoms with E-state index in [2.05, 4.69) is 10.6 Å². The minimum absolute atomic E-state index is 0.149. The molecule has 4 rings (SSSR count). The van der Waals surface area contributed by atoms with Gasteiger partial charge in [0.2, 0.25) is 5.91 Å². The van der Waals surface area contributed by atoms with Gasteiger partial charge < -0.3 is 15.5 Å². The maximum Gasteiger partial charge on any atom is 0.318 e. The first kappa shape index (κ1) is 18.5. The molecule has 0 bridgehead atoms. The van der Waals surface area contributed by atoms with Crippen LogP contribution in [0.4, 0.5) is 9.18 Å². The molecule has 146 valence electrons. The molecular weight excluding hydrogens is 357 g/mol. The topological polar surface area (TPSA) is 61.4 Å². The van der Waals surface area contributed by atoms with Crippen LogP contribution in [0.25, 0.3) is 0 Å². The minimum Gasteiger partial charge on any atom is -0.352 e. The summed E-state index contributed by atoms with van der Waals surface area (Å²) in [4.78, 5) is 27.0. The van der Waals surface area contributed by atoms with Gasteiger partial charge in [0, 0.05) is 25.0 Å². The van der Waals surface area contributed by atoms with Gasteiger partial charge in [-0.1, -0.05) is 48.9 Å². The number of carbonyl (C=O) groups is 2. The van der Waals surface area contributed by atoms with Crippen molar-refractivity contribution >= 4 is 11.9 Å². The second-order valence-electron chi connectivity index (χ2n) is 7.60. The molecule has 1 aliphatic heterocycles. The molecule has 1 saturated carbocycles. The van der Waals surface area contributed by atoms with Gasteiger partial charge in [-0.15, -0.1) is 0 Å². The summed E-state index contributed by atoms with van der Waals surface area (Å²) in [5, 5.41) is 5.89. The number of nitrogens with one attached hydrogen (secondary N) is 2. The van der Waals surface area contributed by atoms with Crippen LogP contribution >= 0.6 is 0 Å². The van der Waals surface area contributed by atoms with Crippen molar-refractivity contribution in [1.29, 1.82) is 0 Å². The van der Waals surface area contributed by atoms with Gasteiger partial charge in [-0.05, 0) is 36.1 Å². The first-order valence-corrected chi connectivity index (χ1v) is 9.72. The number of hydrogen-bond donors (Lipinski definition) is 2. The van der Waals surface area contributed by atoms with E-state index in [1.54, 1.807) is 4.90 Å². The fourth-order valence-electron chi connectivity index (χ4n) is 4.17. The van der Waals surface area contributed by atoms with E-state index in [4.69, 9.17) is 0 Å². The van der Waals surface area contributed by atoms with Crippen LogP contribution in [0.3, 0.4) is 0 Å². The zero-order valence-electron chi connectivity index (χ0n) is 15.7. The highest BCUT2D eigenvalue weighted by atomic mass is 19.1. The molecule has 2 aromatic carbocycles. The maximum absolute atomic E-state index is 13.3. The fourth-order valence-corrected chi connectivity index (χ4v) is 4.17. The van der Waals surface area contributed by atoms with Crippen LogP contribution in [-0.4, -0.2) is 36.5 Å². The summed E-state index contributed by atoms with van der Waals surface area (Å²) < 4.78 is 13.3. The summed E-state index contributed by atoms with van der Waals surface area (Å²) in [5.74, 6) is -0.420. The number of piperazine rings is 1. The molecule has 0 spiro atoms. The molecule has 2 aromatic rings. The van der Waals surface area contributed by atoms with Crippen LogP contribution in [0.2, 0.25) is 0 Å². The normalized spacial score (nSPS) is 20.8. The van der Waals surface area contributed by atoms with Gasteiger partial charge in [0.25, 0.3) is 0 Å². The Labute approximate surface area is 163 Å². The Balaban J connectivity index is 1.49. The summed E-state index contributed by atoms with van der Waals surface area (Å²) >= 11 is 0. The van der Waals surface area contributed by atoms with Crippen molar-refractivity contribution in [3.8, 4) is 0 Å². The van der Waals surface area contributed by atoms with Crippen molar-refractivity contribution in [1.82, 2.24) is 15.5 Å². The zero-order valence-corrected chi connectivity index (χ0v) is 15.7. The highest BCUT2D eigenvalue weighted by Gasteiger charge is 2.40. The number of hydrogen-bond acceptors (Lipinski definition) is 2. The highest BCUT2D eigenvalue weighted by molar-refractivity contribution is 5.89. The molecule has 28 heavy (non-hydrogen) atoms. The lowest BCUT2D eigenvalue weighted by Gasteiger charge is -2.43. The quantitative estimate of drug-likeness (QED) is 0.855. The summed E-state index contributed by atoms with van der Waals surface area (Å²) in [6.07, 6.45) is 3.01. The molecular formula is C22H24FN3O2. The molecule has 2 aliphatic rings. The standard InChI is InChI=1S/C22H24FN3O2/c23-18-9-7-17(8-10-18)22(11-4-12-22)15-25-21(28)26-14-13-24-20(27)19(26)16-5-2-1-3-6-16/h1-3,5-10,19H,4,11-15H2,(H,24,27)(H,25,28). The lowest BCUT2D eigenvalue weighted by molar-refractivity contribution is -0.127. The lowest BCUT2D eigenvalue weighted by Crippen LogP contribution is -2.56. The van der Waals surface area contributed by atoms with Gasteiger partial charge in [0.1, 0.15) is 11.9 Å². The maximum atomic E-state index is 13.3. The summed E-state index contributed by atoms with van der Waals surface area (Å²) in [6, 6.07) is 15.0. The number of rotatable bonds is 4. The molecule has 0 aromatic heterocycles. The number of halogens is 1. The van der Waals surface area contributed by atoms with E-state index in [9.17, 15) is 14.0 Å².